The first-order chi connectivity index (χ1) is 9.54. The van der Waals surface area contributed by atoms with Crippen molar-refractivity contribution in [2.45, 2.75) is 25.3 Å². The average Bonchev–Trinajstić information content (AvgIpc) is 2.48. The summed E-state index contributed by atoms with van der Waals surface area (Å²) in [6.45, 7) is 0.621. The molecule has 2 amide bonds. The number of likely N-dealkylation sites (N-methyl/N-ethyl adjacent to an activating group) is 1. The SMILES string of the molecule is CNC(=O)C1CCCCN1C(=O)c1cc(Br)ccc1Br. The first-order valence-electron chi connectivity index (χ1n) is 6.52. The minimum Gasteiger partial charge on any atom is -0.357 e. The molecule has 1 unspecified atom stereocenters. The predicted molar refractivity (Wildman–Crippen MR) is 84.6 cm³/mol. The highest BCUT2D eigenvalue weighted by Crippen LogP contribution is 2.26. The number of nitrogens with zero attached hydrogens (tertiary/aromatic N) is 1. The monoisotopic (exact) mass is 402 g/mol. The Hall–Kier alpha value is -0.880. The van der Waals surface area contributed by atoms with E-state index in [-0.39, 0.29) is 17.9 Å². The van der Waals surface area contributed by atoms with Gasteiger partial charge in [-0.3, -0.25) is 9.59 Å². The second kappa shape index (κ2) is 6.72. The molecule has 1 fully saturated rings. The molecule has 108 valence electrons. The second-order valence-electron chi connectivity index (χ2n) is 4.75. The molecule has 0 radical (unpaired) electrons. The van der Waals surface area contributed by atoms with Crippen LogP contribution in [-0.4, -0.2) is 36.3 Å². The van der Waals surface area contributed by atoms with Crippen molar-refractivity contribution in [2.24, 2.45) is 0 Å². The van der Waals surface area contributed by atoms with E-state index in [4.69, 9.17) is 0 Å². The van der Waals surface area contributed by atoms with Crippen LogP contribution in [0.25, 0.3) is 0 Å². The van der Waals surface area contributed by atoms with Gasteiger partial charge in [-0.25, -0.2) is 0 Å². The molecule has 1 heterocycles. The smallest absolute Gasteiger partial charge is 0.255 e. The van der Waals surface area contributed by atoms with E-state index < -0.39 is 0 Å². The van der Waals surface area contributed by atoms with Crippen LogP contribution in [0.15, 0.2) is 27.1 Å². The summed E-state index contributed by atoms with van der Waals surface area (Å²) in [5.74, 6) is -0.198. The first-order valence-corrected chi connectivity index (χ1v) is 8.11. The van der Waals surface area contributed by atoms with E-state index in [1.54, 1.807) is 18.0 Å². The van der Waals surface area contributed by atoms with Gasteiger partial charge in [-0.2, -0.15) is 0 Å². The molecule has 1 aromatic carbocycles. The van der Waals surface area contributed by atoms with E-state index in [9.17, 15) is 9.59 Å². The molecule has 1 N–H and O–H groups in total. The molecule has 2 rings (SSSR count). The third kappa shape index (κ3) is 3.23. The Morgan fingerprint density at radius 1 is 1.30 bits per heavy atom. The van der Waals surface area contributed by atoms with Gasteiger partial charge in [0.25, 0.3) is 5.91 Å². The fourth-order valence-electron chi connectivity index (χ4n) is 2.43. The number of rotatable bonds is 2. The highest BCUT2D eigenvalue weighted by molar-refractivity contribution is 9.11. The maximum Gasteiger partial charge on any atom is 0.255 e. The zero-order valence-corrected chi connectivity index (χ0v) is 14.3. The van der Waals surface area contributed by atoms with Crippen LogP contribution in [0.3, 0.4) is 0 Å². The van der Waals surface area contributed by atoms with E-state index in [2.05, 4.69) is 37.2 Å². The zero-order chi connectivity index (χ0) is 14.7. The van der Waals surface area contributed by atoms with E-state index in [1.165, 1.54) is 0 Å². The normalized spacial score (nSPS) is 18.8. The number of carbonyl (C=O) groups excluding carboxylic acids is 2. The number of amides is 2. The third-order valence-electron chi connectivity index (χ3n) is 3.47. The molecular weight excluding hydrogens is 388 g/mol. The number of halogens is 2. The van der Waals surface area contributed by atoms with Crippen LogP contribution < -0.4 is 5.32 Å². The quantitative estimate of drug-likeness (QED) is 0.825. The fourth-order valence-corrected chi connectivity index (χ4v) is 3.21. The van der Waals surface area contributed by atoms with Gasteiger partial charge in [0.15, 0.2) is 0 Å². The highest BCUT2D eigenvalue weighted by Gasteiger charge is 2.32. The molecule has 4 nitrogen and oxygen atoms in total. The largest absolute Gasteiger partial charge is 0.357 e. The Bertz CT molecular complexity index is 534. The first kappa shape index (κ1) is 15.5. The Kier molecular flexibility index (Phi) is 5.21. The predicted octanol–water partition coefficient (Wildman–Crippen LogP) is 2.95. The van der Waals surface area contributed by atoms with Gasteiger partial charge in [0.1, 0.15) is 6.04 Å². The second-order valence-corrected chi connectivity index (χ2v) is 6.52. The Morgan fingerprint density at radius 2 is 2.05 bits per heavy atom. The molecule has 1 aliphatic rings. The summed E-state index contributed by atoms with van der Waals surface area (Å²) >= 11 is 6.78. The lowest BCUT2D eigenvalue weighted by atomic mass is 10.00. The van der Waals surface area contributed by atoms with Crippen molar-refractivity contribution in [1.29, 1.82) is 0 Å². The lowest BCUT2D eigenvalue weighted by Gasteiger charge is -2.34. The van der Waals surface area contributed by atoms with Crippen LogP contribution in [0, 0.1) is 0 Å². The van der Waals surface area contributed by atoms with Crippen molar-refractivity contribution in [3.05, 3.63) is 32.7 Å². The lowest BCUT2D eigenvalue weighted by Crippen LogP contribution is -2.51. The summed E-state index contributed by atoms with van der Waals surface area (Å²) < 4.78 is 1.59. The number of benzene rings is 1. The van der Waals surface area contributed by atoms with Gasteiger partial charge >= 0.3 is 0 Å². The maximum atomic E-state index is 12.7. The summed E-state index contributed by atoms with van der Waals surface area (Å²) in [5.41, 5.74) is 0.579. The van der Waals surface area contributed by atoms with Crippen LogP contribution in [0.4, 0.5) is 0 Å². The lowest BCUT2D eigenvalue weighted by molar-refractivity contribution is -0.126. The standard InChI is InChI=1S/C14H16Br2N2O2/c1-17-13(19)12-4-2-3-7-18(12)14(20)10-8-9(15)5-6-11(10)16/h5-6,8,12H,2-4,7H2,1H3,(H,17,19). The maximum absolute atomic E-state index is 12.7. The number of hydrogen-bond donors (Lipinski definition) is 1. The van der Waals surface area contributed by atoms with Crippen molar-refractivity contribution in [3.63, 3.8) is 0 Å². The Labute approximate surface area is 135 Å². The molecule has 1 saturated heterocycles. The van der Waals surface area contributed by atoms with Crippen LogP contribution >= 0.6 is 31.9 Å². The zero-order valence-electron chi connectivity index (χ0n) is 11.2. The van der Waals surface area contributed by atoms with Crippen molar-refractivity contribution < 1.29 is 9.59 Å². The van der Waals surface area contributed by atoms with Crippen LogP contribution in [-0.2, 0) is 4.79 Å². The minimum absolute atomic E-state index is 0.0934. The van der Waals surface area contributed by atoms with E-state index in [0.29, 0.717) is 12.1 Å². The molecule has 0 aliphatic carbocycles. The van der Waals surface area contributed by atoms with Gasteiger partial charge in [-0.1, -0.05) is 15.9 Å². The van der Waals surface area contributed by atoms with Gasteiger partial charge in [-0.15, -0.1) is 0 Å². The molecule has 0 spiro atoms. The summed E-state index contributed by atoms with van der Waals surface area (Å²) in [6.07, 6.45) is 2.63. The van der Waals surface area contributed by atoms with E-state index in [0.717, 1.165) is 28.2 Å². The Morgan fingerprint density at radius 3 is 2.75 bits per heavy atom. The molecule has 6 heteroatoms. The molecule has 20 heavy (non-hydrogen) atoms. The van der Waals surface area contributed by atoms with Crippen LogP contribution in [0.1, 0.15) is 29.6 Å². The van der Waals surface area contributed by atoms with E-state index in [1.807, 2.05) is 12.1 Å². The van der Waals surface area contributed by atoms with Crippen LogP contribution in [0.2, 0.25) is 0 Å². The van der Waals surface area contributed by atoms with Gasteiger partial charge in [0, 0.05) is 22.5 Å². The molecule has 1 atom stereocenters. The van der Waals surface area contributed by atoms with Gasteiger partial charge in [0.05, 0.1) is 5.56 Å². The van der Waals surface area contributed by atoms with Gasteiger partial charge < -0.3 is 10.2 Å². The van der Waals surface area contributed by atoms with Gasteiger partial charge in [-0.05, 0) is 53.4 Å². The summed E-state index contributed by atoms with van der Waals surface area (Å²) in [4.78, 5) is 26.3. The number of hydrogen-bond acceptors (Lipinski definition) is 2. The fraction of sp³-hybridized carbons (Fsp3) is 0.429. The van der Waals surface area contributed by atoms with Crippen molar-refractivity contribution in [2.75, 3.05) is 13.6 Å². The molecule has 1 aromatic rings. The Balaban J connectivity index is 2.30. The summed E-state index contributed by atoms with van der Waals surface area (Å²) in [5, 5.41) is 2.64. The third-order valence-corrected chi connectivity index (χ3v) is 4.66. The number of piperidine rings is 1. The van der Waals surface area contributed by atoms with Crippen molar-refractivity contribution in [1.82, 2.24) is 10.2 Å². The van der Waals surface area contributed by atoms with Crippen molar-refractivity contribution in [3.8, 4) is 0 Å². The van der Waals surface area contributed by atoms with Gasteiger partial charge in [0.2, 0.25) is 5.91 Å². The molecule has 0 saturated carbocycles. The topological polar surface area (TPSA) is 49.4 Å². The highest BCUT2D eigenvalue weighted by atomic mass is 79.9. The molecular formula is C14H16Br2N2O2. The minimum atomic E-state index is -0.368. The van der Waals surface area contributed by atoms with E-state index >= 15 is 0 Å². The average molecular weight is 404 g/mol. The molecule has 1 aliphatic heterocycles. The number of likely N-dealkylation sites (tertiary alicyclic amines) is 1. The van der Waals surface area contributed by atoms with Crippen molar-refractivity contribution >= 4 is 43.7 Å². The molecule has 0 aromatic heterocycles. The summed E-state index contributed by atoms with van der Waals surface area (Å²) in [7, 11) is 1.61. The number of nitrogens with one attached hydrogen (secondary N) is 1. The summed E-state index contributed by atoms with van der Waals surface area (Å²) in [6, 6.07) is 5.11. The number of carbonyl (C=O) groups is 2. The van der Waals surface area contributed by atoms with Crippen LogP contribution in [0.5, 0.6) is 0 Å². The molecule has 0 bridgehead atoms.